The van der Waals surface area contributed by atoms with Crippen LogP contribution in [0.2, 0.25) is 0 Å². The maximum atomic E-state index is 13.4. The average Bonchev–Trinajstić information content (AvgIpc) is 3.51. The van der Waals surface area contributed by atoms with E-state index in [1.54, 1.807) is 30.0 Å². The van der Waals surface area contributed by atoms with E-state index in [2.05, 4.69) is 22.4 Å². The van der Waals surface area contributed by atoms with Crippen molar-refractivity contribution in [3.8, 4) is 0 Å². The minimum absolute atomic E-state index is 0.00157. The third kappa shape index (κ3) is 6.78. The number of carbonyl (C=O) groups excluding carboxylic acids is 2. The molecule has 0 aliphatic carbocycles. The van der Waals surface area contributed by atoms with Crippen LogP contribution in [0, 0.1) is 5.92 Å². The molecule has 1 saturated heterocycles. The largest absolute Gasteiger partial charge is 0.340 e. The van der Waals surface area contributed by atoms with E-state index in [0.29, 0.717) is 18.5 Å². The number of hydrogen-bond acceptors (Lipinski definition) is 4. The molecule has 7 heteroatoms. The Labute approximate surface area is 205 Å². The Morgan fingerprint density at radius 2 is 2.06 bits per heavy atom. The van der Waals surface area contributed by atoms with Gasteiger partial charge in [-0.15, -0.1) is 11.3 Å². The first-order valence-corrected chi connectivity index (χ1v) is 12.7. The highest BCUT2D eigenvalue weighted by molar-refractivity contribution is 7.09. The number of rotatable bonds is 9. The molecular weight excluding hydrogens is 454 g/mol. The molecule has 176 valence electrons. The van der Waals surface area contributed by atoms with Crippen molar-refractivity contribution in [1.29, 1.82) is 0 Å². The summed E-state index contributed by atoms with van der Waals surface area (Å²) in [5.41, 5.74) is 4.36. The van der Waals surface area contributed by atoms with E-state index in [1.807, 2.05) is 48.4 Å². The van der Waals surface area contributed by atoms with Crippen LogP contribution < -0.4 is 5.32 Å². The summed E-state index contributed by atoms with van der Waals surface area (Å²) < 4.78 is 0. The molecule has 1 unspecified atom stereocenters. The summed E-state index contributed by atoms with van der Waals surface area (Å²) in [7, 11) is 0. The summed E-state index contributed by atoms with van der Waals surface area (Å²) in [5, 5.41) is 5.88. The monoisotopic (exact) mass is 485 g/mol. The number of amides is 2. The molecule has 0 saturated carbocycles. The van der Waals surface area contributed by atoms with Gasteiger partial charge in [-0.25, -0.2) is 4.98 Å². The van der Waals surface area contributed by atoms with E-state index in [1.165, 1.54) is 5.56 Å². The van der Waals surface area contributed by atoms with E-state index in [-0.39, 0.29) is 23.8 Å². The van der Waals surface area contributed by atoms with Crippen LogP contribution in [0.4, 0.5) is 0 Å². The van der Waals surface area contributed by atoms with Crippen LogP contribution in [0.15, 0.2) is 64.7 Å². The molecule has 2 amide bonds. The number of thiazole rings is 1. The number of aromatic nitrogens is 1. The summed E-state index contributed by atoms with van der Waals surface area (Å²) >= 11 is 7.60. The number of likely N-dealkylation sites (tertiary alicyclic amines) is 1. The van der Waals surface area contributed by atoms with Crippen molar-refractivity contribution in [3.05, 3.63) is 75.2 Å². The summed E-state index contributed by atoms with van der Waals surface area (Å²) in [6.45, 7) is 6.40. The zero-order chi connectivity index (χ0) is 23.8. The van der Waals surface area contributed by atoms with Crippen LogP contribution in [-0.4, -0.2) is 34.3 Å². The Kier molecular flexibility index (Phi) is 9.27. The highest BCUT2D eigenvalue weighted by atomic mass is 35.5. The molecule has 2 aromatic rings. The average molecular weight is 486 g/mol. The standard InChI is InChI=1S/C26H32ClN3O2S/c1-18(2)23(26(32)30-14-7-10-22(30)25-28-13-15-33-25)29-24(31)19(3)11-12-21(17-27)16-20-8-5-4-6-9-20/h4-6,8-9,11,13,15,17-18,22-23H,7,10,12,14,16H2,1-3H3,(H,29,31)/b19-11+,21-17+/t22-,23?/m0/s1. The predicted molar refractivity (Wildman–Crippen MR) is 135 cm³/mol. The zero-order valence-electron chi connectivity index (χ0n) is 19.5. The molecule has 0 spiro atoms. The van der Waals surface area contributed by atoms with E-state index >= 15 is 0 Å². The molecule has 2 heterocycles. The second-order valence-electron chi connectivity index (χ2n) is 8.78. The van der Waals surface area contributed by atoms with E-state index < -0.39 is 6.04 Å². The molecule has 5 nitrogen and oxygen atoms in total. The maximum Gasteiger partial charge on any atom is 0.247 e. The van der Waals surface area contributed by atoms with Crippen molar-refractivity contribution in [2.24, 2.45) is 5.92 Å². The van der Waals surface area contributed by atoms with Crippen molar-refractivity contribution < 1.29 is 9.59 Å². The lowest BCUT2D eigenvalue weighted by atomic mass is 10.0. The van der Waals surface area contributed by atoms with Gasteiger partial charge in [-0.2, -0.15) is 0 Å². The molecule has 1 N–H and O–H groups in total. The van der Waals surface area contributed by atoms with Crippen molar-refractivity contribution in [2.45, 2.75) is 58.5 Å². The number of nitrogens with one attached hydrogen (secondary N) is 1. The fourth-order valence-corrected chi connectivity index (χ4v) is 4.98. The van der Waals surface area contributed by atoms with Gasteiger partial charge in [0.2, 0.25) is 11.8 Å². The number of benzene rings is 1. The van der Waals surface area contributed by atoms with Crippen molar-refractivity contribution in [2.75, 3.05) is 6.54 Å². The van der Waals surface area contributed by atoms with Gasteiger partial charge in [0.05, 0.1) is 6.04 Å². The third-order valence-electron chi connectivity index (χ3n) is 5.95. The zero-order valence-corrected chi connectivity index (χ0v) is 21.0. The lowest BCUT2D eigenvalue weighted by Gasteiger charge is -2.30. The molecule has 0 bridgehead atoms. The third-order valence-corrected chi connectivity index (χ3v) is 7.13. The Balaban J connectivity index is 1.63. The first-order valence-electron chi connectivity index (χ1n) is 11.4. The molecule has 1 aromatic heterocycles. The highest BCUT2D eigenvalue weighted by Gasteiger charge is 2.37. The lowest BCUT2D eigenvalue weighted by Crippen LogP contribution is -2.51. The van der Waals surface area contributed by atoms with Crippen LogP contribution >= 0.6 is 22.9 Å². The molecular formula is C26H32ClN3O2S. The summed E-state index contributed by atoms with van der Waals surface area (Å²) in [5.74, 6) is -0.280. The van der Waals surface area contributed by atoms with Crippen LogP contribution in [0.25, 0.3) is 0 Å². The number of allylic oxidation sites excluding steroid dienone is 2. The second-order valence-corrected chi connectivity index (χ2v) is 9.92. The Morgan fingerprint density at radius 3 is 2.70 bits per heavy atom. The smallest absolute Gasteiger partial charge is 0.247 e. The van der Waals surface area contributed by atoms with Crippen molar-refractivity contribution in [3.63, 3.8) is 0 Å². The molecule has 1 aromatic carbocycles. The molecule has 3 rings (SSSR count). The molecule has 2 atom stereocenters. The van der Waals surface area contributed by atoms with E-state index in [0.717, 1.165) is 29.8 Å². The minimum Gasteiger partial charge on any atom is -0.340 e. The van der Waals surface area contributed by atoms with Crippen LogP contribution in [-0.2, 0) is 16.0 Å². The molecule has 1 fully saturated rings. The highest BCUT2D eigenvalue weighted by Crippen LogP contribution is 2.34. The summed E-state index contributed by atoms with van der Waals surface area (Å²) in [4.78, 5) is 32.6. The summed E-state index contributed by atoms with van der Waals surface area (Å²) in [6, 6.07) is 9.52. The van der Waals surface area contributed by atoms with Gasteiger partial charge in [0.15, 0.2) is 0 Å². The van der Waals surface area contributed by atoms with Gasteiger partial charge in [-0.1, -0.05) is 67.4 Å². The van der Waals surface area contributed by atoms with Gasteiger partial charge >= 0.3 is 0 Å². The Morgan fingerprint density at radius 1 is 1.30 bits per heavy atom. The van der Waals surface area contributed by atoms with Gasteiger partial charge in [0.1, 0.15) is 11.0 Å². The van der Waals surface area contributed by atoms with E-state index in [4.69, 9.17) is 11.6 Å². The van der Waals surface area contributed by atoms with Crippen molar-refractivity contribution >= 4 is 34.8 Å². The number of halogens is 1. The van der Waals surface area contributed by atoms with Gasteiger partial charge in [0, 0.05) is 29.2 Å². The quantitative estimate of drug-likeness (QED) is 0.467. The van der Waals surface area contributed by atoms with E-state index in [9.17, 15) is 9.59 Å². The van der Waals surface area contributed by atoms with Gasteiger partial charge < -0.3 is 10.2 Å². The first-order chi connectivity index (χ1) is 15.9. The van der Waals surface area contributed by atoms with Gasteiger partial charge in [0.25, 0.3) is 0 Å². The topological polar surface area (TPSA) is 62.3 Å². The normalized spacial score (nSPS) is 18.0. The molecule has 1 aliphatic heterocycles. The molecule has 1 aliphatic rings. The Bertz CT molecular complexity index is 986. The summed E-state index contributed by atoms with van der Waals surface area (Å²) in [6.07, 6.45) is 6.82. The molecule has 0 radical (unpaired) electrons. The van der Waals surface area contributed by atoms with Crippen LogP contribution in [0.3, 0.4) is 0 Å². The number of hydrogen-bond donors (Lipinski definition) is 1. The van der Waals surface area contributed by atoms with Gasteiger partial charge in [-0.3, -0.25) is 9.59 Å². The van der Waals surface area contributed by atoms with Crippen molar-refractivity contribution in [1.82, 2.24) is 15.2 Å². The minimum atomic E-state index is -0.575. The van der Waals surface area contributed by atoms with Crippen LogP contribution in [0.5, 0.6) is 0 Å². The fraction of sp³-hybridized carbons (Fsp3) is 0.423. The van der Waals surface area contributed by atoms with Gasteiger partial charge in [-0.05, 0) is 44.1 Å². The Hall–Kier alpha value is -2.44. The molecule has 33 heavy (non-hydrogen) atoms. The fourth-order valence-electron chi connectivity index (χ4n) is 4.02. The first kappa shape index (κ1) is 25.2. The second kappa shape index (κ2) is 12.1. The lowest BCUT2D eigenvalue weighted by molar-refractivity contribution is -0.137. The number of carbonyl (C=O) groups is 2. The maximum absolute atomic E-state index is 13.4. The number of nitrogens with zero attached hydrogens (tertiary/aromatic N) is 2. The SMILES string of the molecule is C/C(=C\C/C(=C\Cl)Cc1ccccc1)C(=O)NC(C(=O)N1CCC[C@H]1c1nccs1)C(C)C. The predicted octanol–water partition coefficient (Wildman–Crippen LogP) is 5.65. The van der Waals surface area contributed by atoms with Crippen LogP contribution in [0.1, 0.15) is 56.6 Å².